The minimum absolute atomic E-state index is 0.158. The van der Waals surface area contributed by atoms with Crippen LogP contribution < -0.4 is 5.56 Å². The van der Waals surface area contributed by atoms with Crippen molar-refractivity contribution in [3.05, 3.63) is 46.4 Å². The van der Waals surface area contributed by atoms with Gasteiger partial charge in [0, 0.05) is 0 Å². The number of hydrogen-bond donors (Lipinski definition) is 1. The zero-order valence-electron chi connectivity index (χ0n) is 10.5. The summed E-state index contributed by atoms with van der Waals surface area (Å²) in [5, 5.41) is 5.38. The number of rotatable bonds is 2. The molecule has 0 atom stereocenters. The lowest BCUT2D eigenvalue weighted by molar-refractivity contribution is 0.867. The van der Waals surface area contributed by atoms with E-state index in [2.05, 4.69) is 15.1 Å². The number of hydrogen-bond acceptors (Lipinski definition) is 4. The summed E-state index contributed by atoms with van der Waals surface area (Å²) in [6, 6.07) is 7.88. The minimum atomic E-state index is -0.158. The van der Waals surface area contributed by atoms with Crippen LogP contribution in [0.1, 0.15) is 5.56 Å². The Kier molecular flexibility index (Phi) is 2.87. The minimum Gasteiger partial charge on any atom is -0.301 e. The SMILES string of the molecule is CSc1nc2c(cnn2-c2ccccc2C)c(=O)[nH]1. The van der Waals surface area contributed by atoms with Crippen LogP contribution in [0.2, 0.25) is 0 Å². The first-order chi connectivity index (χ1) is 9.20. The predicted octanol–water partition coefficient (Wildman–Crippen LogP) is 2.14. The van der Waals surface area contributed by atoms with Gasteiger partial charge in [0.05, 0.1) is 11.9 Å². The number of thioether (sulfide) groups is 1. The molecule has 0 aliphatic rings. The fraction of sp³-hybridized carbons (Fsp3) is 0.154. The molecule has 0 bridgehead atoms. The first kappa shape index (κ1) is 12.0. The summed E-state index contributed by atoms with van der Waals surface area (Å²) in [6.07, 6.45) is 3.43. The molecule has 0 saturated carbocycles. The van der Waals surface area contributed by atoms with Crippen LogP contribution in [-0.2, 0) is 0 Å². The molecule has 6 heteroatoms. The number of H-pyrrole nitrogens is 1. The van der Waals surface area contributed by atoms with Crippen LogP contribution >= 0.6 is 11.8 Å². The predicted molar refractivity (Wildman–Crippen MR) is 76.0 cm³/mol. The summed E-state index contributed by atoms with van der Waals surface area (Å²) >= 11 is 1.40. The highest BCUT2D eigenvalue weighted by molar-refractivity contribution is 7.98. The number of nitrogens with zero attached hydrogens (tertiary/aromatic N) is 3. The van der Waals surface area contributed by atoms with Crippen LogP contribution in [0.15, 0.2) is 40.4 Å². The van der Waals surface area contributed by atoms with E-state index < -0.39 is 0 Å². The second kappa shape index (κ2) is 4.55. The van der Waals surface area contributed by atoms with Gasteiger partial charge < -0.3 is 4.98 Å². The van der Waals surface area contributed by atoms with Crippen LogP contribution in [0.4, 0.5) is 0 Å². The summed E-state index contributed by atoms with van der Waals surface area (Å²) < 4.78 is 1.71. The summed E-state index contributed by atoms with van der Waals surface area (Å²) in [7, 11) is 0. The van der Waals surface area contributed by atoms with E-state index >= 15 is 0 Å². The molecular formula is C13H12N4OS. The molecule has 0 fully saturated rings. The number of fused-ring (bicyclic) bond motifs is 1. The van der Waals surface area contributed by atoms with Crippen molar-refractivity contribution in [1.29, 1.82) is 0 Å². The molecule has 1 N–H and O–H groups in total. The molecule has 2 heterocycles. The van der Waals surface area contributed by atoms with E-state index in [0.29, 0.717) is 16.2 Å². The monoisotopic (exact) mass is 272 g/mol. The van der Waals surface area contributed by atoms with Crippen LogP contribution in [0.3, 0.4) is 0 Å². The highest BCUT2D eigenvalue weighted by Gasteiger charge is 2.12. The van der Waals surface area contributed by atoms with Crippen molar-refractivity contribution in [2.75, 3.05) is 6.26 Å². The molecule has 2 aromatic heterocycles. The van der Waals surface area contributed by atoms with Crippen molar-refractivity contribution in [1.82, 2.24) is 19.7 Å². The van der Waals surface area contributed by atoms with Crippen molar-refractivity contribution in [3.63, 3.8) is 0 Å². The van der Waals surface area contributed by atoms with E-state index in [1.165, 1.54) is 11.8 Å². The topological polar surface area (TPSA) is 63.6 Å². The van der Waals surface area contributed by atoms with E-state index in [9.17, 15) is 4.79 Å². The third kappa shape index (κ3) is 1.94. The number of aromatic nitrogens is 4. The summed E-state index contributed by atoms with van der Waals surface area (Å²) in [5.41, 5.74) is 2.44. The van der Waals surface area contributed by atoms with Gasteiger partial charge in [-0.3, -0.25) is 4.79 Å². The third-order valence-electron chi connectivity index (χ3n) is 2.95. The first-order valence-electron chi connectivity index (χ1n) is 5.79. The molecule has 0 aliphatic heterocycles. The fourth-order valence-electron chi connectivity index (χ4n) is 1.97. The maximum absolute atomic E-state index is 11.9. The average Bonchev–Trinajstić information content (AvgIpc) is 2.83. The smallest absolute Gasteiger partial charge is 0.262 e. The van der Waals surface area contributed by atoms with Gasteiger partial charge in [0.15, 0.2) is 10.8 Å². The first-order valence-corrected chi connectivity index (χ1v) is 7.01. The molecule has 96 valence electrons. The number of nitrogens with one attached hydrogen (secondary N) is 1. The summed E-state index contributed by atoms with van der Waals surface area (Å²) in [6.45, 7) is 2.01. The molecule has 0 radical (unpaired) electrons. The zero-order valence-corrected chi connectivity index (χ0v) is 11.4. The van der Waals surface area contributed by atoms with Gasteiger partial charge in [-0.25, -0.2) is 9.67 Å². The number of aryl methyl sites for hydroxylation is 1. The van der Waals surface area contributed by atoms with Crippen molar-refractivity contribution >= 4 is 22.8 Å². The quantitative estimate of drug-likeness (QED) is 0.573. The Morgan fingerprint density at radius 2 is 2.11 bits per heavy atom. The number of aromatic amines is 1. The van der Waals surface area contributed by atoms with E-state index in [-0.39, 0.29) is 5.56 Å². The van der Waals surface area contributed by atoms with Crippen molar-refractivity contribution in [2.24, 2.45) is 0 Å². The van der Waals surface area contributed by atoms with Gasteiger partial charge >= 0.3 is 0 Å². The Labute approximate surface area is 113 Å². The van der Waals surface area contributed by atoms with Gasteiger partial charge in [0.2, 0.25) is 0 Å². The number of benzene rings is 1. The van der Waals surface area contributed by atoms with E-state index in [0.717, 1.165) is 11.3 Å². The summed E-state index contributed by atoms with van der Waals surface area (Å²) in [4.78, 5) is 19.1. The van der Waals surface area contributed by atoms with Crippen molar-refractivity contribution in [3.8, 4) is 5.69 Å². The lowest BCUT2D eigenvalue weighted by atomic mass is 10.2. The normalized spacial score (nSPS) is 11.1. The van der Waals surface area contributed by atoms with Crippen LogP contribution in [0.5, 0.6) is 0 Å². The molecule has 3 aromatic rings. The van der Waals surface area contributed by atoms with Gasteiger partial charge in [0.25, 0.3) is 5.56 Å². The molecule has 5 nitrogen and oxygen atoms in total. The average molecular weight is 272 g/mol. The lowest BCUT2D eigenvalue weighted by Crippen LogP contribution is -2.09. The summed E-state index contributed by atoms with van der Waals surface area (Å²) in [5.74, 6) is 0. The zero-order chi connectivity index (χ0) is 13.4. The largest absolute Gasteiger partial charge is 0.301 e. The Hall–Kier alpha value is -2.08. The highest BCUT2D eigenvalue weighted by Crippen LogP contribution is 2.18. The van der Waals surface area contributed by atoms with Crippen LogP contribution in [-0.4, -0.2) is 26.0 Å². The van der Waals surface area contributed by atoms with Gasteiger partial charge in [-0.1, -0.05) is 30.0 Å². The van der Waals surface area contributed by atoms with Crippen LogP contribution in [0.25, 0.3) is 16.7 Å². The Morgan fingerprint density at radius 1 is 1.32 bits per heavy atom. The van der Waals surface area contributed by atoms with Gasteiger partial charge in [0.1, 0.15) is 5.39 Å². The molecule has 1 aromatic carbocycles. The second-order valence-electron chi connectivity index (χ2n) is 4.16. The van der Waals surface area contributed by atoms with Gasteiger partial charge in [-0.2, -0.15) is 5.10 Å². The van der Waals surface area contributed by atoms with Gasteiger partial charge in [-0.05, 0) is 24.8 Å². The molecule has 0 aliphatic carbocycles. The van der Waals surface area contributed by atoms with E-state index in [4.69, 9.17) is 0 Å². The molecule has 19 heavy (non-hydrogen) atoms. The molecule has 0 amide bonds. The van der Waals surface area contributed by atoms with Crippen LogP contribution in [0, 0.1) is 6.92 Å². The van der Waals surface area contributed by atoms with E-state index in [1.807, 2.05) is 37.4 Å². The molecule has 3 rings (SSSR count). The molecule has 0 spiro atoms. The molecule has 0 saturated heterocycles. The fourth-order valence-corrected chi connectivity index (χ4v) is 2.34. The van der Waals surface area contributed by atoms with Crippen molar-refractivity contribution < 1.29 is 0 Å². The Bertz CT molecular complexity index is 806. The Balaban J connectivity index is 2.34. The number of para-hydroxylation sites is 1. The van der Waals surface area contributed by atoms with Crippen molar-refractivity contribution in [2.45, 2.75) is 12.1 Å². The lowest BCUT2D eigenvalue weighted by Gasteiger charge is -2.06. The van der Waals surface area contributed by atoms with E-state index in [1.54, 1.807) is 10.9 Å². The maximum Gasteiger partial charge on any atom is 0.262 e. The maximum atomic E-state index is 11.9. The second-order valence-corrected chi connectivity index (χ2v) is 4.95. The third-order valence-corrected chi connectivity index (χ3v) is 3.53. The van der Waals surface area contributed by atoms with Gasteiger partial charge in [-0.15, -0.1) is 0 Å². The Morgan fingerprint density at radius 3 is 2.84 bits per heavy atom. The molecular weight excluding hydrogens is 260 g/mol. The highest BCUT2D eigenvalue weighted by atomic mass is 32.2. The standard InChI is InChI=1S/C13H12N4OS/c1-8-5-3-4-6-10(8)17-11-9(7-14-17)12(18)16-13(15-11)19-2/h3-7H,1-2H3,(H,15,16,18). The molecule has 0 unspecified atom stereocenters.